The van der Waals surface area contributed by atoms with Crippen LogP contribution in [0.15, 0.2) is 0 Å². The van der Waals surface area contributed by atoms with Gasteiger partial charge in [-0.25, -0.2) is 0 Å². The number of hydrogen-bond donors (Lipinski definition) is 2. The molecule has 4 nitrogen and oxygen atoms in total. The molecule has 0 aliphatic carbocycles. The highest BCUT2D eigenvalue weighted by molar-refractivity contribution is 4.94. The number of ether oxygens (including phenoxy) is 1. The Balaban J connectivity index is 1.87. The van der Waals surface area contributed by atoms with Crippen LogP contribution in [0, 0.1) is 5.92 Å². The first-order chi connectivity index (χ1) is 8.09. The van der Waals surface area contributed by atoms with Crippen molar-refractivity contribution in [3.63, 3.8) is 0 Å². The molecule has 0 saturated carbocycles. The van der Waals surface area contributed by atoms with Gasteiger partial charge in [0.15, 0.2) is 0 Å². The fourth-order valence-electron chi connectivity index (χ4n) is 3.08. The molecule has 0 aromatic heterocycles. The fourth-order valence-corrected chi connectivity index (χ4v) is 3.08. The van der Waals surface area contributed by atoms with Crippen molar-refractivity contribution in [3.05, 3.63) is 0 Å². The molecule has 0 aromatic carbocycles. The van der Waals surface area contributed by atoms with E-state index < -0.39 is 5.60 Å². The fraction of sp³-hybridized carbons (Fsp3) is 1.00. The normalized spacial score (nSPS) is 39.5. The van der Waals surface area contributed by atoms with Gasteiger partial charge in [0.05, 0.1) is 18.2 Å². The summed E-state index contributed by atoms with van der Waals surface area (Å²) in [5.74, 6) is 0.631. The van der Waals surface area contributed by atoms with Crippen LogP contribution in [0.4, 0.5) is 0 Å². The molecule has 3 unspecified atom stereocenters. The molecular weight excluding hydrogens is 216 g/mol. The highest BCUT2D eigenvalue weighted by Crippen LogP contribution is 2.24. The number of rotatable bonds is 3. The standard InChI is InChI=1S/C13H26N2O2/c1-13(16)5-6-14-8-12(13)15(2)9-11-4-3-7-17-10-11/h11-12,14,16H,3-10H2,1-2H3. The predicted octanol–water partition coefficient (Wildman–Crippen LogP) is 0.458. The zero-order chi connectivity index (χ0) is 12.3. The topological polar surface area (TPSA) is 44.7 Å². The third-order valence-electron chi connectivity index (χ3n) is 4.20. The van der Waals surface area contributed by atoms with Crippen LogP contribution in [0.3, 0.4) is 0 Å². The van der Waals surface area contributed by atoms with Crippen molar-refractivity contribution in [2.24, 2.45) is 5.92 Å². The van der Waals surface area contributed by atoms with Crippen LogP contribution in [-0.4, -0.2) is 61.5 Å². The van der Waals surface area contributed by atoms with Crippen LogP contribution in [0.5, 0.6) is 0 Å². The van der Waals surface area contributed by atoms with Gasteiger partial charge in [0.2, 0.25) is 0 Å². The molecule has 3 atom stereocenters. The van der Waals surface area contributed by atoms with Crippen LogP contribution >= 0.6 is 0 Å². The Labute approximate surface area is 104 Å². The number of piperidine rings is 1. The molecule has 2 N–H and O–H groups in total. The van der Waals surface area contributed by atoms with Gasteiger partial charge in [0.25, 0.3) is 0 Å². The summed E-state index contributed by atoms with van der Waals surface area (Å²) >= 11 is 0. The third kappa shape index (κ3) is 3.41. The van der Waals surface area contributed by atoms with E-state index in [-0.39, 0.29) is 6.04 Å². The van der Waals surface area contributed by atoms with Crippen LogP contribution in [0.25, 0.3) is 0 Å². The number of hydrogen-bond acceptors (Lipinski definition) is 4. The minimum Gasteiger partial charge on any atom is -0.388 e. The molecule has 2 heterocycles. The highest BCUT2D eigenvalue weighted by atomic mass is 16.5. The van der Waals surface area contributed by atoms with E-state index in [9.17, 15) is 5.11 Å². The van der Waals surface area contributed by atoms with E-state index in [4.69, 9.17) is 4.74 Å². The molecule has 4 heteroatoms. The first-order valence-electron chi connectivity index (χ1n) is 6.80. The second kappa shape index (κ2) is 5.65. The average Bonchev–Trinajstić information content (AvgIpc) is 2.29. The molecule has 2 saturated heterocycles. The van der Waals surface area contributed by atoms with E-state index in [2.05, 4.69) is 17.3 Å². The molecule has 0 spiro atoms. The van der Waals surface area contributed by atoms with Crippen molar-refractivity contribution in [3.8, 4) is 0 Å². The van der Waals surface area contributed by atoms with E-state index in [1.54, 1.807) is 0 Å². The molecule has 2 aliphatic heterocycles. The lowest BCUT2D eigenvalue weighted by molar-refractivity contribution is -0.0555. The van der Waals surface area contributed by atoms with Crippen molar-refractivity contribution in [2.75, 3.05) is 39.9 Å². The second-order valence-corrected chi connectivity index (χ2v) is 5.85. The quantitative estimate of drug-likeness (QED) is 0.754. The van der Waals surface area contributed by atoms with Gasteiger partial charge in [-0.3, -0.25) is 4.90 Å². The van der Waals surface area contributed by atoms with Crippen LogP contribution in [0.1, 0.15) is 26.2 Å². The van der Waals surface area contributed by atoms with Crippen molar-refractivity contribution in [2.45, 2.75) is 37.8 Å². The Bertz CT molecular complexity index is 240. The SMILES string of the molecule is CN(CC1CCCOC1)C1CNCCC1(C)O. The summed E-state index contributed by atoms with van der Waals surface area (Å²) in [5.41, 5.74) is -0.560. The molecule has 0 radical (unpaired) electrons. The highest BCUT2D eigenvalue weighted by Gasteiger charge is 2.37. The van der Waals surface area contributed by atoms with Crippen LogP contribution in [0.2, 0.25) is 0 Å². The summed E-state index contributed by atoms with van der Waals surface area (Å²) < 4.78 is 5.52. The van der Waals surface area contributed by atoms with Gasteiger partial charge >= 0.3 is 0 Å². The monoisotopic (exact) mass is 242 g/mol. The van der Waals surface area contributed by atoms with Crippen molar-refractivity contribution in [1.82, 2.24) is 10.2 Å². The van der Waals surface area contributed by atoms with Crippen molar-refractivity contribution >= 4 is 0 Å². The Morgan fingerprint density at radius 2 is 2.35 bits per heavy atom. The lowest BCUT2D eigenvalue weighted by Crippen LogP contribution is -2.60. The van der Waals surface area contributed by atoms with Gasteiger partial charge in [-0.2, -0.15) is 0 Å². The van der Waals surface area contributed by atoms with Crippen molar-refractivity contribution < 1.29 is 9.84 Å². The molecule has 2 fully saturated rings. The number of nitrogens with zero attached hydrogens (tertiary/aromatic N) is 1. The Morgan fingerprint density at radius 1 is 1.53 bits per heavy atom. The zero-order valence-corrected chi connectivity index (χ0v) is 11.1. The van der Waals surface area contributed by atoms with Gasteiger partial charge in [-0.05, 0) is 45.7 Å². The van der Waals surface area contributed by atoms with E-state index in [0.29, 0.717) is 5.92 Å². The molecular formula is C13H26N2O2. The molecule has 2 aliphatic rings. The maximum absolute atomic E-state index is 10.4. The summed E-state index contributed by atoms with van der Waals surface area (Å²) in [4.78, 5) is 2.31. The summed E-state index contributed by atoms with van der Waals surface area (Å²) in [6.07, 6.45) is 3.27. The number of likely N-dealkylation sites (N-methyl/N-ethyl adjacent to an activating group) is 1. The van der Waals surface area contributed by atoms with Crippen LogP contribution in [-0.2, 0) is 4.74 Å². The van der Waals surface area contributed by atoms with Gasteiger partial charge in [0.1, 0.15) is 0 Å². The Hall–Kier alpha value is -0.160. The van der Waals surface area contributed by atoms with Gasteiger partial charge in [-0.15, -0.1) is 0 Å². The molecule has 17 heavy (non-hydrogen) atoms. The van der Waals surface area contributed by atoms with E-state index in [0.717, 1.165) is 39.3 Å². The molecule has 0 bridgehead atoms. The van der Waals surface area contributed by atoms with Crippen LogP contribution < -0.4 is 5.32 Å². The Kier molecular flexibility index (Phi) is 4.42. The lowest BCUT2D eigenvalue weighted by atomic mass is 9.87. The summed E-state index contributed by atoms with van der Waals surface area (Å²) in [6.45, 7) is 6.60. The molecule has 100 valence electrons. The minimum atomic E-state index is -0.560. The van der Waals surface area contributed by atoms with E-state index in [1.165, 1.54) is 12.8 Å². The molecule has 0 aromatic rings. The molecule has 0 amide bonds. The second-order valence-electron chi connectivity index (χ2n) is 5.85. The summed E-state index contributed by atoms with van der Waals surface area (Å²) in [7, 11) is 2.13. The predicted molar refractivity (Wildman–Crippen MR) is 68.1 cm³/mol. The van der Waals surface area contributed by atoms with E-state index >= 15 is 0 Å². The zero-order valence-electron chi connectivity index (χ0n) is 11.1. The Morgan fingerprint density at radius 3 is 3.00 bits per heavy atom. The lowest BCUT2D eigenvalue weighted by Gasteiger charge is -2.44. The van der Waals surface area contributed by atoms with E-state index in [1.807, 2.05) is 6.92 Å². The van der Waals surface area contributed by atoms with Gasteiger partial charge < -0.3 is 15.2 Å². The first kappa shape index (κ1) is 13.3. The minimum absolute atomic E-state index is 0.221. The maximum Gasteiger partial charge on any atom is 0.0798 e. The summed E-state index contributed by atoms with van der Waals surface area (Å²) in [6, 6.07) is 0.221. The van der Waals surface area contributed by atoms with Gasteiger partial charge in [0, 0.05) is 19.7 Å². The van der Waals surface area contributed by atoms with Crippen molar-refractivity contribution in [1.29, 1.82) is 0 Å². The average molecular weight is 242 g/mol. The number of aliphatic hydroxyl groups is 1. The smallest absolute Gasteiger partial charge is 0.0798 e. The summed E-state index contributed by atoms with van der Waals surface area (Å²) in [5, 5.41) is 13.8. The van der Waals surface area contributed by atoms with Gasteiger partial charge in [-0.1, -0.05) is 0 Å². The number of nitrogens with one attached hydrogen (secondary N) is 1. The maximum atomic E-state index is 10.4. The third-order valence-corrected chi connectivity index (χ3v) is 4.20. The molecule has 2 rings (SSSR count). The largest absolute Gasteiger partial charge is 0.388 e. The first-order valence-corrected chi connectivity index (χ1v) is 6.80.